The number of piperidine rings is 1. The van der Waals surface area contributed by atoms with Gasteiger partial charge in [0.05, 0.1) is 6.61 Å². The van der Waals surface area contributed by atoms with Gasteiger partial charge in [-0.25, -0.2) is 4.98 Å². The van der Waals surface area contributed by atoms with Crippen molar-refractivity contribution in [2.45, 2.75) is 31.1 Å². The molecular formula is C26H25F3N6O. The van der Waals surface area contributed by atoms with Crippen LogP contribution in [0.25, 0.3) is 28.1 Å². The van der Waals surface area contributed by atoms with Gasteiger partial charge in [0, 0.05) is 30.7 Å². The molecule has 2 N–H and O–H groups in total. The Bertz CT molecular complexity index is 1450. The van der Waals surface area contributed by atoms with E-state index in [1.54, 1.807) is 10.5 Å². The van der Waals surface area contributed by atoms with E-state index in [0.29, 0.717) is 54.0 Å². The lowest BCUT2D eigenvalue weighted by molar-refractivity contribution is -0.185. The van der Waals surface area contributed by atoms with Gasteiger partial charge in [-0.1, -0.05) is 24.3 Å². The van der Waals surface area contributed by atoms with Crippen molar-refractivity contribution in [3.05, 3.63) is 54.2 Å². The van der Waals surface area contributed by atoms with Gasteiger partial charge in [0.25, 0.3) is 0 Å². The lowest BCUT2D eigenvalue weighted by atomic mass is 10.1. The number of hydrogen-bond acceptors (Lipinski definition) is 6. The molecule has 2 saturated carbocycles. The van der Waals surface area contributed by atoms with E-state index < -0.39 is 12.2 Å². The smallest absolute Gasteiger partial charge is 0.408 e. The van der Waals surface area contributed by atoms with Gasteiger partial charge in [-0.15, -0.1) is 10.2 Å². The highest BCUT2D eigenvalue weighted by molar-refractivity contribution is 5.86. The van der Waals surface area contributed by atoms with Crippen molar-refractivity contribution in [2.75, 3.05) is 19.7 Å². The molecule has 3 fully saturated rings. The summed E-state index contributed by atoms with van der Waals surface area (Å²) in [5, 5.41) is 9.38. The van der Waals surface area contributed by atoms with Crippen LogP contribution in [0.5, 0.6) is 5.75 Å². The first kappa shape index (κ1) is 22.0. The third-order valence-corrected chi connectivity index (χ3v) is 7.79. The van der Waals surface area contributed by atoms with E-state index in [2.05, 4.69) is 10.2 Å². The topological polar surface area (TPSA) is 81.6 Å². The lowest BCUT2D eigenvalue weighted by Crippen LogP contribution is -2.40. The van der Waals surface area contributed by atoms with Gasteiger partial charge in [0.15, 0.2) is 11.5 Å². The van der Waals surface area contributed by atoms with Gasteiger partial charge in [-0.2, -0.15) is 13.2 Å². The molecule has 4 aromatic rings. The van der Waals surface area contributed by atoms with Crippen LogP contribution in [0.2, 0.25) is 0 Å². The average molecular weight is 495 g/mol. The molecule has 0 bridgehead atoms. The molecule has 0 spiro atoms. The van der Waals surface area contributed by atoms with Gasteiger partial charge in [0.2, 0.25) is 0 Å². The number of ether oxygens (including phenoxy) is 1. The SMILES string of the molecule is NC1[C@H]2CN(C(c3ccc4nnc(-c5ccc6cccc(OCC7CC7)c6n5)n4c3)C(F)(F)F)C[C@@H]12. The molecule has 0 radical (unpaired) electrons. The van der Waals surface area contributed by atoms with Crippen LogP contribution < -0.4 is 10.5 Å². The number of hydrogen-bond donors (Lipinski definition) is 1. The maximum absolute atomic E-state index is 14.3. The molecule has 1 aliphatic heterocycles. The minimum atomic E-state index is -4.42. The number of pyridine rings is 2. The van der Waals surface area contributed by atoms with Crippen molar-refractivity contribution in [3.63, 3.8) is 0 Å². The number of halogens is 3. The van der Waals surface area contributed by atoms with Crippen molar-refractivity contribution in [3.8, 4) is 17.3 Å². The Kier molecular flexibility index (Phi) is 4.81. The molecule has 36 heavy (non-hydrogen) atoms. The number of aromatic nitrogens is 4. The molecule has 7 nitrogen and oxygen atoms in total. The first-order valence-electron chi connectivity index (χ1n) is 12.3. The van der Waals surface area contributed by atoms with Crippen LogP contribution in [0.3, 0.4) is 0 Å². The molecule has 4 atom stereocenters. The summed E-state index contributed by atoms with van der Waals surface area (Å²) in [6, 6.07) is 10.9. The Labute approximate surface area is 205 Å². The van der Waals surface area contributed by atoms with E-state index in [0.717, 1.165) is 5.39 Å². The lowest BCUT2D eigenvalue weighted by Gasteiger charge is -2.31. The van der Waals surface area contributed by atoms with Crippen LogP contribution in [-0.4, -0.2) is 56.4 Å². The van der Waals surface area contributed by atoms with Gasteiger partial charge in [0.1, 0.15) is 23.0 Å². The van der Waals surface area contributed by atoms with Crippen LogP contribution in [0.1, 0.15) is 24.4 Å². The third kappa shape index (κ3) is 3.70. The van der Waals surface area contributed by atoms with E-state index in [1.807, 2.05) is 30.3 Å². The van der Waals surface area contributed by atoms with Crippen molar-refractivity contribution < 1.29 is 17.9 Å². The summed E-state index contributed by atoms with van der Waals surface area (Å²) in [6.45, 7) is 1.38. The van der Waals surface area contributed by atoms with Gasteiger partial charge < -0.3 is 10.5 Å². The number of nitrogens with two attached hydrogens (primary N) is 1. The number of benzene rings is 1. The molecule has 4 heterocycles. The second kappa shape index (κ2) is 7.88. The Morgan fingerprint density at radius 2 is 1.83 bits per heavy atom. The first-order valence-corrected chi connectivity index (χ1v) is 12.3. The summed E-state index contributed by atoms with van der Waals surface area (Å²) in [4.78, 5) is 6.30. The van der Waals surface area contributed by atoms with Crippen LogP contribution in [0, 0.1) is 17.8 Å². The fraction of sp³-hybridized carbons (Fsp3) is 0.423. The Morgan fingerprint density at radius 3 is 2.58 bits per heavy atom. The fourth-order valence-electron chi connectivity index (χ4n) is 5.52. The molecule has 1 saturated heterocycles. The maximum Gasteiger partial charge on any atom is 0.408 e. The number of likely N-dealkylation sites (tertiary alicyclic amines) is 1. The molecule has 10 heteroatoms. The van der Waals surface area contributed by atoms with Crippen molar-refractivity contribution in [1.29, 1.82) is 0 Å². The summed E-state index contributed by atoms with van der Waals surface area (Å²) in [5.41, 5.74) is 7.80. The highest BCUT2D eigenvalue weighted by atomic mass is 19.4. The van der Waals surface area contributed by atoms with Crippen LogP contribution >= 0.6 is 0 Å². The zero-order valence-electron chi connectivity index (χ0n) is 19.4. The average Bonchev–Trinajstić information content (AvgIpc) is 3.67. The number of para-hydroxylation sites is 1. The van der Waals surface area contributed by atoms with E-state index in [-0.39, 0.29) is 23.4 Å². The number of fused-ring (bicyclic) bond motifs is 3. The summed E-state index contributed by atoms with van der Waals surface area (Å²) in [6.07, 6.45) is -0.560. The molecule has 2 unspecified atom stereocenters. The second-order valence-corrected chi connectivity index (χ2v) is 10.3. The molecule has 1 aromatic carbocycles. The zero-order valence-corrected chi connectivity index (χ0v) is 19.4. The largest absolute Gasteiger partial charge is 0.491 e. The molecule has 0 amide bonds. The first-order chi connectivity index (χ1) is 17.4. The van der Waals surface area contributed by atoms with E-state index in [4.69, 9.17) is 15.5 Å². The third-order valence-electron chi connectivity index (χ3n) is 7.79. The highest BCUT2D eigenvalue weighted by Gasteiger charge is 2.58. The minimum absolute atomic E-state index is 0.0270. The van der Waals surface area contributed by atoms with E-state index in [1.165, 1.54) is 30.0 Å². The van der Waals surface area contributed by atoms with Crippen molar-refractivity contribution in [2.24, 2.45) is 23.5 Å². The summed E-state index contributed by atoms with van der Waals surface area (Å²) in [5.74, 6) is 1.99. The van der Waals surface area contributed by atoms with Gasteiger partial charge >= 0.3 is 6.18 Å². The molecule has 7 rings (SSSR count). The van der Waals surface area contributed by atoms with Crippen molar-refractivity contribution >= 4 is 16.6 Å². The molecule has 186 valence electrons. The van der Waals surface area contributed by atoms with Crippen LogP contribution in [-0.2, 0) is 0 Å². The molecule has 3 aromatic heterocycles. The Balaban J connectivity index is 1.27. The van der Waals surface area contributed by atoms with E-state index >= 15 is 0 Å². The predicted octanol–water partition coefficient (Wildman–Crippen LogP) is 4.23. The minimum Gasteiger partial charge on any atom is -0.491 e. The summed E-state index contributed by atoms with van der Waals surface area (Å²) in [7, 11) is 0. The van der Waals surface area contributed by atoms with Crippen LogP contribution in [0.15, 0.2) is 48.7 Å². The highest BCUT2D eigenvalue weighted by Crippen LogP contribution is 2.49. The quantitative estimate of drug-likeness (QED) is 0.432. The van der Waals surface area contributed by atoms with Crippen LogP contribution in [0.4, 0.5) is 13.2 Å². The standard InChI is InChI=1S/C26H25F3N6O/c27-26(28,29)24(34-11-17-18(12-34)22(17)30)16-7-9-21-32-33-25(35(21)10-16)19-8-6-15-2-1-3-20(23(15)31-19)36-13-14-4-5-14/h1-3,6-10,14,17-18,22,24H,4-5,11-13,30H2/t17-,18+,22?,24?. The molecule has 3 aliphatic rings. The fourth-order valence-corrected chi connectivity index (χ4v) is 5.52. The normalized spacial score (nSPS) is 24.8. The van der Waals surface area contributed by atoms with E-state index in [9.17, 15) is 13.2 Å². The Hall–Kier alpha value is -3.24. The maximum atomic E-state index is 14.3. The molecular weight excluding hydrogens is 469 g/mol. The van der Waals surface area contributed by atoms with Gasteiger partial charge in [-0.3, -0.25) is 9.30 Å². The summed E-state index contributed by atoms with van der Waals surface area (Å²) >= 11 is 0. The number of alkyl halides is 3. The van der Waals surface area contributed by atoms with Crippen molar-refractivity contribution in [1.82, 2.24) is 24.5 Å². The molecule has 2 aliphatic carbocycles. The Morgan fingerprint density at radius 1 is 1.03 bits per heavy atom. The monoisotopic (exact) mass is 494 g/mol. The second-order valence-electron chi connectivity index (χ2n) is 10.3. The van der Waals surface area contributed by atoms with Gasteiger partial charge in [-0.05, 0) is 54.4 Å². The number of rotatable bonds is 6. The number of nitrogens with zero attached hydrogens (tertiary/aromatic N) is 5. The zero-order chi connectivity index (χ0) is 24.6. The predicted molar refractivity (Wildman–Crippen MR) is 127 cm³/mol. The summed E-state index contributed by atoms with van der Waals surface area (Å²) < 4.78 is 50.4.